The van der Waals surface area contributed by atoms with Crippen LogP contribution >= 0.6 is 0 Å². The van der Waals surface area contributed by atoms with Crippen LogP contribution in [0.25, 0.3) is 0 Å². The molecule has 1 aliphatic heterocycles. The van der Waals surface area contributed by atoms with E-state index >= 15 is 0 Å². The predicted octanol–water partition coefficient (Wildman–Crippen LogP) is 12.9. The van der Waals surface area contributed by atoms with Gasteiger partial charge in [-0.15, -0.1) is 0 Å². The van der Waals surface area contributed by atoms with Crippen molar-refractivity contribution in [3.63, 3.8) is 0 Å². The molecule has 0 aromatic rings. The minimum Gasteiger partial charge on any atom is -0.466 e. The SMILES string of the molecule is CCCCCCCCCCCOC(=O)CCCCCN1C[C@@H](NCCCN(C)C)CC1C(=O)OCCCCCCCC(=O)OC(CCCCCCCC)CCCCCCCC. The number of esters is 3. The fourth-order valence-electron chi connectivity index (χ4n) is 8.66. The second-order valence-corrected chi connectivity index (χ2v) is 18.8. The van der Waals surface area contributed by atoms with Gasteiger partial charge in [0.15, 0.2) is 0 Å². The fraction of sp³-hybridized carbons (Fsp3) is 0.942. The Hall–Kier alpha value is -1.71. The van der Waals surface area contributed by atoms with Gasteiger partial charge < -0.3 is 24.4 Å². The van der Waals surface area contributed by atoms with E-state index in [-0.39, 0.29) is 36.1 Å². The molecular formula is C52H101N3O6. The van der Waals surface area contributed by atoms with Crippen LogP contribution in [-0.2, 0) is 28.6 Å². The topological polar surface area (TPSA) is 97.4 Å². The lowest BCUT2D eigenvalue weighted by Crippen LogP contribution is -2.38. The first-order chi connectivity index (χ1) is 29.8. The normalized spacial score (nSPS) is 15.6. The lowest BCUT2D eigenvalue weighted by molar-refractivity contribution is -0.150. The minimum atomic E-state index is -0.218. The van der Waals surface area contributed by atoms with Gasteiger partial charge in [0.05, 0.1) is 13.2 Å². The summed E-state index contributed by atoms with van der Waals surface area (Å²) in [4.78, 5) is 43.0. The van der Waals surface area contributed by atoms with Gasteiger partial charge in [-0.05, 0) is 104 Å². The molecule has 1 rings (SSSR count). The highest BCUT2D eigenvalue weighted by molar-refractivity contribution is 5.76. The van der Waals surface area contributed by atoms with Gasteiger partial charge in [-0.25, -0.2) is 0 Å². The number of nitrogens with one attached hydrogen (secondary N) is 1. The number of nitrogens with zero attached hydrogens (tertiary/aromatic N) is 2. The van der Waals surface area contributed by atoms with E-state index in [9.17, 15) is 14.4 Å². The van der Waals surface area contributed by atoms with E-state index in [4.69, 9.17) is 14.2 Å². The Kier molecular flexibility index (Phi) is 39.7. The molecule has 9 nitrogen and oxygen atoms in total. The van der Waals surface area contributed by atoms with Crippen molar-refractivity contribution in [2.24, 2.45) is 0 Å². The maximum Gasteiger partial charge on any atom is 0.323 e. The van der Waals surface area contributed by atoms with Gasteiger partial charge in [0, 0.05) is 25.4 Å². The number of hydrogen-bond donors (Lipinski definition) is 1. The molecule has 0 aliphatic carbocycles. The summed E-state index contributed by atoms with van der Waals surface area (Å²) >= 11 is 0. The van der Waals surface area contributed by atoms with Crippen LogP contribution < -0.4 is 5.32 Å². The number of hydrogen-bond acceptors (Lipinski definition) is 9. The van der Waals surface area contributed by atoms with Crippen molar-refractivity contribution in [2.45, 2.75) is 264 Å². The van der Waals surface area contributed by atoms with Crippen LogP contribution in [-0.4, -0.2) is 99.4 Å². The number of ether oxygens (including phenoxy) is 3. The van der Waals surface area contributed by atoms with Crippen molar-refractivity contribution in [1.82, 2.24) is 15.1 Å². The molecule has 1 unspecified atom stereocenters. The zero-order valence-electron chi connectivity index (χ0n) is 41.1. The van der Waals surface area contributed by atoms with Crippen molar-refractivity contribution < 1.29 is 28.6 Å². The van der Waals surface area contributed by atoms with E-state index in [0.29, 0.717) is 26.1 Å². The first kappa shape index (κ1) is 57.3. The number of likely N-dealkylation sites (tertiary alicyclic amines) is 1. The molecular weight excluding hydrogens is 763 g/mol. The molecule has 1 fully saturated rings. The third kappa shape index (κ3) is 35.3. The molecule has 0 amide bonds. The van der Waals surface area contributed by atoms with E-state index in [1.54, 1.807) is 0 Å². The molecule has 1 saturated heterocycles. The van der Waals surface area contributed by atoms with Gasteiger partial charge in [-0.2, -0.15) is 0 Å². The van der Waals surface area contributed by atoms with Crippen LogP contribution in [0.2, 0.25) is 0 Å². The molecule has 360 valence electrons. The molecule has 1 aliphatic rings. The molecule has 0 aromatic heterocycles. The molecule has 2 atom stereocenters. The van der Waals surface area contributed by atoms with Crippen LogP contribution in [0, 0.1) is 0 Å². The monoisotopic (exact) mass is 864 g/mol. The summed E-state index contributed by atoms with van der Waals surface area (Å²) in [5, 5.41) is 3.69. The average Bonchev–Trinajstić information content (AvgIpc) is 3.66. The lowest BCUT2D eigenvalue weighted by atomic mass is 10.0. The summed E-state index contributed by atoms with van der Waals surface area (Å²) in [6, 6.07) is 0.0634. The van der Waals surface area contributed by atoms with E-state index in [2.05, 4.69) is 50.0 Å². The second kappa shape index (κ2) is 42.3. The molecule has 0 radical (unpaired) electrons. The third-order valence-electron chi connectivity index (χ3n) is 12.6. The highest BCUT2D eigenvalue weighted by Crippen LogP contribution is 2.22. The molecule has 1 N–H and O–H groups in total. The maximum atomic E-state index is 13.4. The van der Waals surface area contributed by atoms with E-state index < -0.39 is 0 Å². The molecule has 1 heterocycles. The number of unbranched alkanes of at least 4 members (excludes halogenated alkanes) is 24. The van der Waals surface area contributed by atoms with Gasteiger partial charge in [-0.1, -0.05) is 162 Å². The van der Waals surface area contributed by atoms with Crippen molar-refractivity contribution in [3.05, 3.63) is 0 Å². The minimum absolute atomic E-state index is 0.0235. The van der Waals surface area contributed by atoms with E-state index in [1.807, 2.05) is 0 Å². The smallest absolute Gasteiger partial charge is 0.323 e. The summed E-state index contributed by atoms with van der Waals surface area (Å²) in [6.07, 6.45) is 38.9. The standard InChI is InChI=1S/C52H101N3O6/c1-6-9-12-15-18-19-20-25-33-43-59-50(56)38-31-27-32-42-55-46-47(53-40-35-41-54(4)5)45-49(55)52(58)60-44-34-26-21-24-30-39-51(57)61-48(36-28-22-16-13-10-7-2)37-29-23-17-14-11-8-3/h47-49,53H,6-46H2,1-5H3/t47-,49?/m0/s1. The first-order valence-corrected chi connectivity index (χ1v) is 26.4. The predicted molar refractivity (Wildman–Crippen MR) is 256 cm³/mol. The Morgan fingerprint density at radius 1 is 0.557 bits per heavy atom. The van der Waals surface area contributed by atoms with Crippen LogP contribution in [0.15, 0.2) is 0 Å². The highest BCUT2D eigenvalue weighted by Gasteiger charge is 2.37. The summed E-state index contributed by atoms with van der Waals surface area (Å²) in [5.74, 6) is -0.200. The summed E-state index contributed by atoms with van der Waals surface area (Å²) < 4.78 is 17.4. The largest absolute Gasteiger partial charge is 0.466 e. The molecule has 0 spiro atoms. The molecule has 0 aromatic carbocycles. The highest BCUT2D eigenvalue weighted by atomic mass is 16.5. The Morgan fingerprint density at radius 2 is 1.02 bits per heavy atom. The maximum absolute atomic E-state index is 13.4. The van der Waals surface area contributed by atoms with Crippen LogP contribution in [0.3, 0.4) is 0 Å². The lowest BCUT2D eigenvalue weighted by Gasteiger charge is -2.22. The van der Waals surface area contributed by atoms with Crippen LogP contribution in [0.4, 0.5) is 0 Å². The van der Waals surface area contributed by atoms with Crippen molar-refractivity contribution in [2.75, 3.05) is 53.5 Å². The van der Waals surface area contributed by atoms with Gasteiger partial charge >= 0.3 is 17.9 Å². The molecule has 0 bridgehead atoms. The summed E-state index contributed by atoms with van der Waals surface area (Å²) in [5.41, 5.74) is 0. The van der Waals surface area contributed by atoms with Gasteiger partial charge in [-0.3, -0.25) is 19.3 Å². The van der Waals surface area contributed by atoms with Gasteiger partial charge in [0.1, 0.15) is 12.1 Å². The third-order valence-corrected chi connectivity index (χ3v) is 12.6. The number of carbonyl (C=O) groups is 3. The Morgan fingerprint density at radius 3 is 1.56 bits per heavy atom. The molecule has 0 saturated carbocycles. The van der Waals surface area contributed by atoms with Crippen molar-refractivity contribution in [1.29, 1.82) is 0 Å². The first-order valence-electron chi connectivity index (χ1n) is 26.4. The second-order valence-electron chi connectivity index (χ2n) is 18.8. The Labute approximate surface area is 377 Å². The van der Waals surface area contributed by atoms with Gasteiger partial charge in [0.2, 0.25) is 0 Å². The summed E-state index contributed by atoms with van der Waals surface area (Å²) in [7, 11) is 4.20. The summed E-state index contributed by atoms with van der Waals surface area (Å²) in [6.45, 7) is 11.4. The van der Waals surface area contributed by atoms with Crippen LogP contribution in [0.5, 0.6) is 0 Å². The average molecular weight is 864 g/mol. The fourth-order valence-corrected chi connectivity index (χ4v) is 8.66. The van der Waals surface area contributed by atoms with Crippen LogP contribution in [0.1, 0.15) is 245 Å². The Balaban J connectivity index is 2.34. The molecule has 9 heteroatoms. The van der Waals surface area contributed by atoms with Gasteiger partial charge in [0.25, 0.3) is 0 Å². The quantitative estimate of drug-likeness (QED) is 0.0365. The Bertz CT molecular complexity index is 996. The number of rotatable bonds is 45. The van der Waals surface area contributed by atoms with E-state index in [1.165, 1.54) is 109 Å². The van der Waals surface area contributed by atoms with Crippen molar-refractivity contribution >= 4 is 17.9 Å². The number of carbonyl (C=O) groups excluding carboxylic acids is 3. The zero-order chi connectivity index (χ0) is 44.4. The zero-order valence-corrected chi connectivity index (χ0v) is 41.1. The van der Waals surface area contributed by atoms with Crippen molar-refractivity contribution in [3.8, 4) is 0 Å². The molecule has 61 heavy (non-hydrogen) atoms. The van der Waals surface area contributed by atoms with E-state index in [0.717, 1.165) is 129 Å².